The van der Waals surface area contributed by atoms with Crippen molar-refractivity contribution in [3.8, 4) is 5.75 Å². The zero-order valence-electron chi connectivity index (χ0n) is 16.8. The van der Waals surface area contributed by atoms with E-state index in [9.17, 15) is 9.59 Å². The van der Waals surface area contributed by atoms with Gasteiger partial charge in [0.25, 0.3) is 0 Å². The van der Waals surface area contributed by atoms with Crippen molar-refractivity contribution in [2.75, 3.05) is 19.0 Å². The number of methoxy groups -OCH3 is 1. The van der Waals surface area contributed by atoms with Crippen LogP contribution in [-0.2, 0) is 22.7 Å². The Hall–Kier alpha value is -3.61. The molecule has 7 nitrogen and oxygen atoms in total. The molecule has 2 aromatic carbocycles. The maximum absolute atomic E-state index is 12.7. The monoisotopic (exact) mass is 404 g/mol. The highest BCUT2D eigenvalue weighted by atomic mass is 16.5. The first kappa shape index (κ1) is 19.7. The molecule has 1 saturated heterocycles. The van der Waals surface area contributed by atoms with Gasteiger partial charge >= 0.3 is 0 Å². The van der Waals surface area contributed by atoms with Crippen molar-refractivity contribution < 1.29 is 14.3 Å². The van der Waals surface area contributed by atoms with E-state index in [1.54, 1.807) is 29.1 Å². The summed E-state index contributed by atoms with van der Waals surface area (Å²) >= 11 is 0. The summed E-state index contributed by atoms with van der Waals surface area (Å²) in [4.78, 5) is 26.8. The predicted octanol–water partition coefficient (Wildman–Crippen LogP) is 2.93. The average molecular weight is 404 g/mol. The van der Waals surface area contributed by atoms with E-state index in [1.807, 2.05) is 54.6 Å². The van der Waals surface area contributed by atoms with Crippen LogP contribution in [0, 0.1) is 5.92 Å². The first-order chi connectivity index (χ1) is 14.6. The molecule has 2 heterocycles. The second-order valence-corrected chi connectivity index (χ2v) is 7.39. The summed E-state index contributed by atoms with van der Waals surface area (Å²) in [5, 5.41) is 7.20. The predicted molar refractivity (Wildman–Crippen MR) is 113 cm³/mol. The summed E-state index contributed by atoms with van der Waals surface area (Å²) in [7, 11) is 1.61. The topological polar surface area (TPSA) is 76.5 Å². The molecule has 0 bridgehead atoms. The molecule has 0 saturated carbocycles. The lowest BCUT2D eigenvalue weighted by atomic mass is 10.1. The number of aromatic nitrogens is 2. The minimum atomic E-state index is -0.385. The molecular weight excluding hydrogens is 380 g/mol. The third-order valence-corrected chi connectivity index (χ3v) is 5.23. The van der Waals surface area contributed by atoms with Gasteiger partial charge in [0.05, 0.1) is 31.5 Å². The van der Waals surface area contributed by atoms with E-state index >= 15 is 0 Å². The zero-order valence-corrected chi connectivity index (χ0v) is 16.8. The fourth-order valence-electron chi connectivity index (χ4n) is 3.67. The van der Waals surface area contributed by atoms with Crippen LogP contribution in [-0.4, -0.2) is 40.1 Å². The highest BCUT2D eigenvalue weighted by Gasteiger charge is 2.34. The summed E-state index contributed by atoms with van der Waals surface area (Å²) in [6.07, 6.45) is 3.64. The number of likely N-dealkylation sites (tertiary alicyclic amines) is 1. The Morgan fingerprint density at radius 3 is 2.70 bits per heavy atom. The third-order valence-electron chi connectivity index (χ3n) is 5.23. The Bertz CT molecular complexity index is 1030. The lowest BCUT2D eigenvalue weighted by Gasteiger charge is -2.18. The summed E-state index contributed by atoms with van der Waals surface area (Å²) in [6.45, 7) is 1.45. The third kappa shape index (κ3) is 4.51. The van der Waals surface area contributed by atoms with Gasteiger partial charge < -0.3 is 15.0 Å². The molecule has 1 aliphatic rings. The first-order valence-corrected chi connectivity index (χ1v) is 9.89. The van der Waals surface area contributed by atoms with Crippen LogP contribution in [0.4, 0.5) is 5.69 Å². The molecular formula is C23H24N4O3. The molecule has 1 N–H and O–H groups in total. The van der Waals surface area contributed by atoms with Crippen molar-refractivity contribution in [3.63, 3.8) is 0 Å². The maximum Gasteiger partial charge on any atom is 0.229 e. The number of rotatable bonds is 7. The zero-order chi connectivity index (χ0) is 20.9. The molecule has 1 unspecified atom stereocenters. The second-order valence-electron chi connectivity index (χ2n) is 7.39. The molecule has 30 heavy (non-hydrogen) atoms. The number of carbonyl (C=O) groups excluding carboxylic acids is 2. The Balaban J connectivity index is 1.35. The number of nitrogens with one attached hydrogen (secondary N) is 1. The van der Waals surface area contributed by atoms with Gasteiger partial charge in [0.2, 0.25) is 11.8 Å². The molecule has 154 valence electrons. The SMILES string of the molecule is COc1ccccc1CN1CC(C(=O)Nc2cnn(Cc3ccccc3)c2)CC1=O. The van der Waals surface area contributed by atoms with Gasteiger partial charge in [0.1, 0.15) is 5.75 Å². The van der Waals surface area contributed by atoms with Gasteiger partial charge in [-0.15, -0.1) is 0 Å². The molecule has 1 aromatic heterocycles. The summed E-state index contributed by atoms with van der Waals surface area (Å²) in [5.41, 5.74) is 2.69. The van der Waals surface area contributed by atoms with Crippen LogP contribution in [0.5, 0.6) is 5.75 Å². The molecule has 2 amide bonds. The number of benzene rings is 2. The number of anilines is 1. The minimum Gasteiger partial charge on any atom is -0.496 e. The van der Waals surface area contributed by atoms with Crippen LogP contribution in [0.25, 0.3) is 0 Å². The van der Waals surface area contributed by atoms with Crippen LogP contribution in [0.15, 0.2) is 67.0 Å². The number of ether oxygens (including phenoxy) is 1. The normalized spacial score (nSPS) is 16.0. The van der Waals surface area contributed by atoms with E-state index in [1.165, 1.54) is 0 Å². The van der Waals surface area contributed by atoms with Crippen LogP contribution < -0.4 is 10.1 Å². The smallest absolute Gasteiger partial charge is 0.229 e. The molecule has 3 aromatic rings. The number of para-hydroxylation sites is 1. The minimum absolute atomic E-state index is 0.0270. The van der Waals surface area contributed by atoms with Crippen molar-refractivity contribution in [2.45, 2.75) is 19.5 Å². The quantitative estimate of drug-likeness (QED) is 0.657. The standard InChI is InChI=1S/C23H24N4O3/c1-30-21-10-6-5-9-18(21)14-26-15-19(11-22(26)28)23(29)25-20-12-24-27(16-20)13-17-7-3-2-4-8-17/h2-10,12,16,19H,11,13-15H2,1H3,(H,25,29). The Morgan fingerprint density at radius 2 is 1.90 bits per heavy atom. The van der Waals surface area contributed by atoms with Gasteiger partial charge in [-0.3, -0.25) is 14.3 Å². The molecule has 1 aliphatic heterocycles. The van der Waals surface area contributed by atoms with Gasteiger partial charge in [-0.25, -0.2) is 0 Å². The van der Waals surface area contributed by atoms with E-state index in [0.717, 1.165) is 16.9 Å². The molecule has 7 heteroatoms. The number of amides is 2. The lowest BCUT2D eigenvalue weighted by molar-refractivity contribution is -0.128. The summed E-state index contributed by atoms with van der Waals surface area (Å²) < 4.78 is 7.14. The van der Waals surface area contributed by atoms with Crippen molar-refractivity contribution in [2.24, 2.45) is 5.92 Å². The fraction of sp³-hybridized carbons (Fsp3) is 0.261. The number of hydrogen-bond donors (Lipinski definition) is 1. The first-order valence-electron chi connectivity index (χ1n) is 9.89. The molecule has 1 atom stereocenters. The van der Waals surface area contributed by atoms with Crippen molar-refractivity contribution in [1.82, 2.24) is 14.7 Å². The highest BCUT2D eigenvalue weighted by Crippen LogP contribution is 2.25. The van der Waals surface area contributed by atoms with Crippen LogP contribution in [0.3, 0.4) is 0 Å². The Morgan fingerprint density at radius 1 is 1.13 bits per heavy atom. The van der Waals surface area contributed by atoms with Gasteiger partial charge in [0, 0.05) is 31.3 Å². The van der Waals surface area contributed by atoms with Crippen molar-refractivity contribution >= 4 is 17.5 Å². The molecule has 4 rings (SSSR count). The average Bonchev–Trinajstić information content (AvgIpc) is 3.35. The van der Waals surface area contributed by atoms with Crippen molar-refractivity contribution in [3.05, 3.63) is 78.1 Å². The maximum atomic E-state index is 12.7. The van der Waals surface area contributed by atoms with E-state index in [0.29, 0.717) is 25.3 Å². The van der Waals surface area contributed by atoms with Crippen molar-refractivity contribution in [1.29, 1.82) is 0 Å². The molecule has 0 spiro atoms. The van der Waals surface area contributed by atoms with Gasteiger partial charge in [-0.05, 0) is 11.6 Å². The molecule has 1 fully saturated rings. The highest BCUT2D eigenvalue weighted by molar-refractivity contribution is 5.97. The van der Waals surface area contributed by atoms with E-state index < -0.39 is 0 Å². The van der Waals surface area contributed by atoms with Gasteiger partial charge in [0.15, 0.2) is 0 Å². The summed E-state index contributed by atoms with van der Waals surface area (Å²) in [5.74, 6) is 0.166. The fourth-order valence-corrected chi connectivity index (χ4v) is 3.67. The lowest BCUT2D eigenvalue weighted by Crippen LogP contribution is -2.28. The van der Waals surface area contributed by atoms with E-state index in [4.69, 9.17) is 4.74 Å². The van der Waals surface area contributed by atoms with E-state index in [-0.39, 0.29) is 24.2 Å². The van der Waals surface area contributed by atoms with Gasteiger partial charge in [-0.2, -0.15) is 5.10 Å². The number of carbonyl (C=O) groups is 2. The molecule has 0 radical (unpaired) electrons. The number of nitrogens with zero attached hydrogens (tertiary/aromatic N) is 3. The van der Waals surface area contributed by atoms with Gasteiger partial charge in [-0.1, -0.05) is 48.5 Å². The Labute approximate surface area is 175 Å². The number of hydrogen-bond acceptors (Lipinski definition) is 4. The second kappa shape index (κ2) is 8.82. The van der Waals surface area contributed by atoms with E-state index in [2.05, 4.69) is 10.4 Å². The molecule has 0 aliphatic carbocycles. The van der Waals surface area contributed by atoms with Crippen LogP contribution >= 0.6 is 0 Å². The van der Waals surface area contributed by atoms with Crippen LogP contribution in [0.2, 0.25) is 0 Å². The summed E-state index contributed by atoms with van der Waals surface area (Å²) in [6, 6.07) is 17.6. The largest absolute Gasteiger partial charge is 0.496 e. The van der Waals surface area contributed by atoms with Crippen LogP contribution in [0.1, 0.15) is 17.5 Å². The Kier molecular flexibility index (Phi) is 5.79.